The number of rotatable bonds is 4. The predicted molar refractivity (Wildman–Crippen MR) is 56.7 cm³/mol. The molecular weight excluding hydrogens is 218 g/mol. The summed E-state index contributed by atoms with van der Waals surface area (Å²) in [5.74, 6) is -0.277. The highest BCUT2D eigenvalue weighted by Gasteiger charge is 2.03. The number of amides is 1. The van der Waals surface area contributed by atoms with Crippen LogP contribution in [0, 0.1) is 0 Å². The quantitative estimate of drug-likeness (QED) is 0.590. The van der Waals surface area contributed by atoms with E-state index in [4.69, 9.17) is 11.6 Å². The normalized spacial score (nSPS) is 9.67. The molecule has 6 heteroatoms. The smallest absolute Gasteiger partial charge is 0.255 e. The minimum absolute atomic E-state index is 0.0726. The lowest BCUT2D eigenvalue weighted by molar-refractivity contribution is -0.121. The molecule has 0 aliphatic rings. The van der Waals surface area contributed by atoms with Gasteiger partial charge in [-0.2, -0.15) is 0 Å². The highest BCUT2D eigenvalue weighted by molar-refractivity contribution is 6.29. The average molecular weight is 228 g/mol. The Morgan fingerprint density at radius 2 is 2.47 bits per heavy atom. The minimum atomic E-state index is -0.358. The molecule has 1 amide bonds. The van der Waals surface area contributed by atoms with Crippen LogP contribution in [-0.2, 0) is 11.3 Å². The minimum Gasteiger partial charge on any atom is -0.351 e. The Hall–Kier alpha value is -1.62. The Balaban J connectivity index is 2.68. The summed E-state index contributed by atoms with van der Waals surface area (Å²) in [5, 5.41) is 2.66. The highest BCUT2D eigenvalue weighted by atomic mass is 35.5. The molecule has 80 valence electrons. The van der Waals surface area contributed by atoms with Gasteiger partial charge >= 0.3 is 0 Å². The highest BCUT2D eigenvalue weighted by Crippen LogP contribution is 1.95. The van der Waals surface area contributed by atoms with Crippen LogP contribution in [0.25, 0.3) is 0 Å². The summed E-state index contributed by atoms with van der Waals surface area (Å²) in [4.78, 5) is 26.2. The van der Waals surface area contributed by atoms with E-state index in [1.165, 1.54) is 10.9 Å². The predicted octanol–water partition coefficient (Wildman–Crippen LogP) is 0.199. The van der Waals surface area contributed by atoms with Gasteiger partial charge in [0.1, 0.15) is 11.7 Å². The van der Waals surface area contributed by atoms with E-state index in [1.807, 2.05) is 0 Å². The van der Waals surface area contributed by atoms with Crippen molar-refractivity contribution in [3.63, 3.8) is 0 Å². The van der Waals surface area contributed by atoms with Gasteiger partial charge in [-0.15, -0.1) is 6.58 Å². The second-order valence-corrected chi connectivity index (χ2v) is 3.16. The fraction of sp³-hybridized carbons (Fsp3) is 0.222. The zero-order chi connectivity index (χ0) is 11.3. The van der Waals surface area contributed by atoms with Crippen molar-refractivity contribution < 1.29 is 4.79 Å². The van der Waals surface area contributed by atoms with Crippen LogP contribution < -0.4 is 10.9 Å². The molecule has 0 aliphatic heterocycles. The number of hydrogen-bond acceptors (Lipinski definition) is 3. The van der Waals surface area contributed by atoms with E-state index in [-0.39, 0.29) is 23.2 Å². The molecule has 0 spiro atoms. The Morgan fingerprint density at radius 3 is 3.07 bits per heavy atom. The van der Waals surface area contributed by atoms with Crippen molar-refractivity contribution in [2.45, 2.75) is 6.54 Å². The summed E-state index contributed by atoms with van der Waals surface area (Å²) in [7, 11) is 0. The Kier molecular flexibility index (Phi) is 4.05. The second-order valence-electron chi connectivity index (χ2n) is 2.77. The zero-order valence-corrected chi connectivity index (χ0v) is 8.70. The number of halogens is 1. The molecule has 1 rings (SSSR count). The van der Waals surface area contributed by atoms with E-state index in [0.29, 0.717) is 6.54 Å². The molecule has 0 aliphatic carbocycles. The molecule has 1 heterocycles. The van der Waals surface area contributed by atoms with Crippen LogP contribution >= 0.6 is 11.6 Å². The van der Waals surface area contributed by atoms with Crippen LogP contribution in [0.4, 0.5) is 0 Å². The molecule has 0 atom stereocenters. The van der Waals surface area contributed by atoms with Gasteiger partial charge in [-0.25, -0.2) is 4.98 Å². The third-order valence-corrected chi connectivity index (χ3v) is 1.81. The Bertz CT molecular complexity index is 428. The largest absolute Gasteiger partial charge is 0.351 e. The van der Waals surface area contributed by atoms with Crippen molar-refractivity contribution >= 4 is 17.5 Å². The summed E-state index contributed by atoms with van der Waals surface area (Å²) in [6, 6.07) is 1.16. The van der Waals surface area contributed by atoms with E-state index in [2.05, 4.69) is 16.9 Å². The monoisotopic (exact) mass is 227 g/mol. The standard InChI is InChI=1S/C9H10ClN3O2/c1-2-3-11-8(14)5-13-6-12-7(10)4-9(13)15/h2,4,6H,1,3,5H2,(H,11,14). The number of hydrogen-bond donors (Lipinski definition) is 1. The average Bonchev–Trinajstić information content (AvgIpc) is 2.19. The van der Waals surface area contributed by atoms with Gasteiger partial charge in [-0.3, -0.25) is 14.2 Å². The molecular formula is C9H10ClN3O2. The van der Waals surface area contributed by atoms with E-state index in [0.717, 1.165) is 6.07 Å². The molecule has 0 bridgehead atoms. The first-order valence-corrected chi connectivity index (χ1v) is 4.61. The van der Waals surface area contributed by atoms with Gasteiger partial charge in [-0.1, -0.05) is 17.7 Å². The van der Waals surface area contributed by atoms with E-state index in [1.54, 1.807) is 6.08 Å². The number of nitrogens with one attached hydrogen (secondary N) is 1. The maximum Gasteiger partial charge on any atom is 0.255 e. The van der Waals surface area contributed by atoms with Gasteiger partial charge < -0.3 is 5.32 Å². The first-order valence-electron chi connectivity index (χ1n) is 4.23. The van der Waals surface area contributed by atoms with Crippen molar-refractivity contribution in [1.82, 2.24) is 14.9 Å². The van der Waals surface area contributed by atoms with Gasteiger partial charge in [0.25, 0.3) is 5.56 Å². The van der Waals surface area contributed by atoms with Crippen LogP contribution in [0.15, 0.2) is 29.8 Å². The maximum absolute atomic E-state index is 11.3. The van der Waals surface area contributed by atoms with Gasteiger partial charge in [0.15, 0.2) is 0 Å². The van der Waals surface area contributed by atoms with Crippen LogP contribution in [0.5, 0.6) is 0 Å². The number of carbonyl (C=O) groups excluding carboxylic acids is 1. The lowest BCUT2D eigenvalue weighted by Gasteiger charge is -2.04. The third kappa shape index (κ3) is 3.55. The van der Waals surface area contributed by atoms with Crippen molar-refractivity contribution in [2.24, 2.45) is 0 Å². The maximum atomic E-state index is 11.3. The number of carbonyl (C=O) groups is 1. The lowest BCUT2D eigenvalue weighted by Crippen LogP contribution is -2.32. The second kappa shape index (κ2) is 5.31. The topological polar surface area (TPSA) is 64.0 Å². The zero-order valence-electron chi connectivity index (χ0n) is 7.94. The summed E-state index contributed by atoms with van der Waals surface area (Å²) in [6.45, 7) is 3.75. The van der Waals surface area contributed by atoms with Gasteiger partial charge in [0.2, 0.25) is 5.91 Å². The SMILES string of the molecule is C=CCNC(=O)Cn1cnc(Cl)cc1=O. The number of aromatic nitrogens is 2. The summed E-state index contributed by atoms with van der Waals surface area (Å²) in [6.07, 6.45) is 2.79. The van der Waals surface area contributed by atoms with Crippen LogP contribution in [0.1, 0.15) is 0 Å². The molecule has 1 N–H and O–H groups in total. The molecule has 0 saturated heterocycles. The molecule has 0 radical (unpaired) electrons. The molecule has 0 aromatic carbocycles. The summed E-state index contributed by atoms with van der Waals surface area (Å²) >= 11 is 5.50. The van der Waals surface area contributed by atoms with Crippen LogP contribution in [0.3, 0.4) is 0 Å². The summed E-state index contributed by atoms with van der Waals surface area (Å²) < 4.78 is 1.17. The third-order valence-electron chi connectivity index (χ3n) is 1.60. The Morgan fingerprint density at radius 1 is 1.73 bits per heavy atom. The Labute approximate surface area is 91.4 Å². The molecule has 0 saturated carbocycles. The molecule has 1 aromatic rings. The molecule has 1 aromatic heterocycles. The van der Waals surface area contributed by atoms with E-state index < -0.39 is 0 Å². The summed E-state index contributed by atoms with van der Waals surface area (Å²) in [5.41, 5.74) is -0.358. The van der Waals surface area contributed by atoms with Crippen molar-refractivity contribution in [3.8, 4) is 0 Å². The van der Waals surface area contributed by atoms with Crippen molar-refractivity contribution in [3.05, 3.63) is 40.6 Å². The fourth-order valence-corrected chi connectivity index (χ4v) is 1.06. The van der Waals surface area contributed by atoms with Gasteiger partial charge in [-0.05, 0) is 0 Å². The first-order chi connectivity index (χ1) is 7.13. The van der Waals surface area contributed by atoms with Crippen molar-refractivity contribution in [2.75, 3.05) is 6.54 Å². The number of nitrogens with zero attached hydrogens (tertiary/aromatic N) is 2. The van der Waals surface area contributed by atoms with Crippen LogP contribution in [-0.4, -0.2) is 22.0 Å². The van der Waals surface area contributed by atoms with Crippen LogP contribution in [0.2, 0.25) is 5.15 Å². The van der Waals surface area contributed by atoms with Gasteiger partial charge in [0.05, 0.1) is 6.33 Å². The fourth-order valence-electron chi connectivity index (χ4n) is 0.919. The van der Waals surface area contributed by atoms with E-state index in [9.17, 15) is 9.59 Å². The van der Waals surface area contributed by atoms with Gasteiger partial charge in [0, 0.05) is 12.6 Å². The van der Waals surface area contributed by atoms with Crippen molar-refractivity contribution in [1.29, 1.82) is 0 Å². The van der Waals surface area contributed by atoms with E-state index >= 15 is 0 Å². The molecule has 5 nitrogen and oxygen atoms in total. The lowest BCUT2D eigenvalue weighted by atomic mass is 10.5. The molecule has 15 heavy (non-hydrogen) atoms. The molecule has 0 fully saturated rings. The molecule has 0 unspecified atom stereocenters. The first kappa shape index (κ1) is 11.5.